The minimum Gasteiger partial charge on any atom is -0.378 e. The van der Waals surface area contributed by atoms with Gasteiger partial charge in [-0.2, -0.15) is 0 Å². The van der Waals surface area contributed by atoms with Crippen molar-refractivity contribution in [1.29, 1.82) is 0 Å². The summed E-state index contributed by atoms with van der Waals surface area (Å²) >= 11 is 0. The van der Waals surface area contributed by atoms with Gasteiger partial charge in [0, 0.05) is 25.1 Å². The molecular formula is C14H22N2O3. The van der Waals surface area contributed by atoms with E-state index in [1.54, 1.807) is 7.05 Å². The molecule has 19 heavy (non-hydrogen) atoms. The van der Waals surface area contributed by atoms with E-state index in [0.29, 0.717) is 18.6 Å². The Bertz CT molecular complexity index is 405. The zero-order valence-corrected chi connectivity index (χ0v) is 11.6. The summed E-state index contributed by atoms with van der Waals surface area (Å²) in [7, 11) is 1.56. The third kappa shape index (κ3) is 1.82. The molecular weight excluding hydrogens is 244 g/mol. The van der Waals surface area contributed by atoms with Gasteiger partial charge in [-0.05, 0) is 26.2 Å². The molecule has 0 radical (unpaired) electrons. The Morgan fingerprint density at radius 1 is 1.42 bits per heavy atom. The lowest BCUT2D eigenvalue weighted by atomic mass is 9.51. The van der Waals surface area contributed by atoms with Gasteiger partial charge in [0.25, 0.3) is 0 Å². The van der Waals surface area contributed by atoms with Gasteiger partial charge in [-0.15, -0.1) is 0 Å². The first-order valence-corrected chi connectivity index (χ1v) is 7.26. The molecule has 3 fully saturated rings. The van der Waals surface area contributed by atoms with Crippen molar-refractivity contribution in [2.24, 2.45) is 5.41 Å². The Hall–Kier alpha value is -0.940. The Balaban J connectivity index is 1.63. The summed E-state index contributed by atoms with van der Waals surface area (Å²) in [5.74, 6) is -0.162. The minimum absolute atomic E-state index is 0.0779. The fraction of sp³-hybridized carbons (Fsp3) is 0.857. The number of amides is 2. The van der Waals surface area contributed by atoms with Crippen molar-refractivity contribution in [3.05, 3.63) is 0 Å². The summed E-state index contributed by atoms with van der Waals surface area (Å²) in [6, 6.07) is 0.0219. The van der Waals surface area contributed by atoms with E-state index in [2.05, 4.69) is 5.32 Å². The maximum absolute atomic E-state index is 11.9. The second-order valence-corrected chi connectivity index (χ2v) is 6.03. The molecule has 2 amide bonds. The van der Waals surface area contributed by atoms with Crippen LogP contribution < -0.4 is 5.32 Å². The van der Waals surface area contributed by atoms with Gasteiger partial charge in [0.05, 0.1) is 18.6 Å². The van der Waals surface area contributed by atoms with Crippen LogP contribution in [0.3, 0.4) is 0 Å². The van der Waals surface area contributed by atoms with Crippen LogP contribution in [0.25, 0.3) is 0 Å². The molecule has 1 spiro atoms. The average Bonchev–Trinajstić information content (AvgIpc) is 2.53. The molecule has 5 nitrogen and oxygen atoms in total. The predicted molar refractivity (Wildman–Crippen MR) is 69.4 cm³/mol. The van der Waals surface area contributed by atoms with Gasteiger partial charge in [0.2, 0.25) is 11.8 Å². The van der Waals surface area contributed by atoms with Crippen molar-refractivity contribution in [3.63, 3.8) is 0 Å². The van der Waals surface area contributed by atoms with E-state index >= 15 is 0 Å². The lowest BCUT2D eigenvalue weighted by Crippen LogP contribution is -2.68. The molecule has 106 valence electrons. The number of rotatable bonds is 4. The van der Waals surface area contributed by atoms with Crippen LogP contribution in [0.4, 0.5) is 0 Å². The Morgan fingerprint density at radius 3 is 2.63 bits per heavy atom. The van der Waals surface area contributed by atoms with Crippen LogP contribution in [0.1, 0.15) is 39.0 Å². The Morgan fingerprint density at radius 2 is 2.16 bits per heavy atom. The number of carbonyl (C=O) groups is 2. The maximum atomic E-state index is 11.9. The molecule has 1 aliphatic heterocycles. The van der Waals surface area contributed by atoms with Gasteiger partial charge in [-0.1, -0.05) is 6.42 Å². The first-order chi connectivity index (χ1) is 9.08. The SMILES string of the molecule is CCOC1CC(NC2CC(=O)N(C)C2=O)C12CCC2. The van der Waals surface area contributed by atoms with Crippen molar-refractivity contribution >= 4 is 11.8 Å². The van der Waals surface area contributed by atoms with E-state index in [1.807, 2.05) is 6.92 Å². The number of likely N-dealkylation sites (N-methyl/N-ethyl adjacent to an activating group) is 1. The standard InChI is InChI=1S/C14H22N2O3/c1-3-19-11-8-10(14(11)5-4-6-14)15-9-7-12(17)16(2)13(9)18/h9-11,15H,3-8H2,1-2H3. The third-order valence-electron chi connectivity index (χ3n) is 5.22. The van der Waals surface area contributed by atoms with Crippen molar-refractivity contribution < 1.29 is 14.3 Å². The number of nitrogens with zero attached hydrogens (tertiary/aromatic N) is 1. The Kier molecular flexibility index (Phi) is 3.14. The normalized spacial score (nSPS) is 36.5. The molecule has 1 saturated heterocycles. The molecule has 3 atom stereocenters. The number of ether oxygens (including phenoxy) is 1. The molecule has 0 aromatic heterocycles. The lowest BCUT2D eigenvalue weighted by molar-refractivity contribution is -0.175. The molecule has 3 aliphatic rings. The highest BCUT2D eigenvalue weighted by Gasteiger charge is 2.59. The van der Waals surface area contributed by atoms with Gasteiger partial charge in [-0.25, -0.2) is 0 Å². The van der Waals surface area contributed by atoms with Crippen LogP contribution in [-0.2, 0) is 14.3 Å². The van der Waals surface area contributed by atoms with Gasteiger partial charge in [0.1, 0.15) is 0 Å². The van der Waals surface area contributed by atoms with Crippen LogP contribution in [0.15, 0.2) is 0 Å². The van der Waals surface area contributed by atoms with Crippen LogP contribution in [-0.4, -0.2) is 48.6 Å². The molecule has 0 aromatic rings. The van der Waals surface area contributed by atoms with Crippen molar-refractivity contribution in [2.45, 2.75) is 57.2 Å². The van der Waals surface area contributed by atoms with Crippen LogP contribution in [0.2, 0.25) is 0 Å². The smallest absolute Gasteiger partial charge is 0.246 e. The van der Waals surface area contributed by atoms with E-state index in [1.165, 1.54) is 24.2 Å². The molecule has 1 heterocycles. The highest BCUT2D eigenvalue weighted by molar-refractivity contribution is 6.05. The molecule has 0 bridgehead atoms. The third-order valence-corrected chi connectivity index (χ3v) is 5.22. The summed E-state index contributed by atoms with van der Waals surface area (Å²) in [4.78, 5) is 24.7. The van der Waals surface area contributed by atoms with Gasteiger partial charge in [0.15, 0.2) is 0 Å². The summed E-state index contributed by atoms with van der Waals surface area (Å²) in [5, 5.41) is 3.42. The first-order valence-electron chi connectivity index (χ1n) is 7.26. The number of nitrogens with one attached hydrogen (secondary N) is 1. The highest BCUT2D eigenvalue weighted by Crippen LogP contribution is 2.57. The van der Waals surface area contributed by atoms with Crippen molar-refractivity contribution in [2.75, 3.05) is 13.7 Å². The molecule has 3 unspecified atom stereocenters. The fourth-order valence-corrected chi connectivity index (χ4v) is 3.80. The zero-order valence-electron chi connectivity index (χ0n) is 11.6. The number of carbonyl (C=O) groups excluding carboxylic acids is 2. The fourth-order valence-electron chi connectivity index (χ4n) is 3.80. The molecule has 5 heteroatoms. The van der Waals surface area contributed by atoms with Crippen LogP contribution in [0.5, 0.6) is 0 Å². The van der Waals surface area contributed by atoms with E-state index in [-0.39, 0.29) is 23.3 Å². The summed E-state index contributed by atoms with van der Waals surface area (Å²) < 4.78 is 5.80. The number of hydrogen-bond acceptors (Lipinski definition) is 4. The summed E-state index contributed by atoms with van der Waals surface area (Å²) in [6.45, 7) is 2.78. The van der Waals surface area contributed by atoms with Crippen LogP contribution >= 0.6 is 0 Å². The van der Waals surface area contributed by atoms with Gasteiger partial charge in [-0.3, -0.25) is 14.5 Å². The summed E-state index contributed by atoms with van der Waals surface area (Å²) in [5.41, 5.74) is 0.237. The molecule has 0 aromatic carbocycles. The monoisotopic (exact) mass is 266 g/mol. The van der Waals surface area contributed by atoms with Crippen LogP contribution in [0, 0.1) is 5.41 Å². The van der Waals surface area contributed by atoms with E-state index in [4.69, 9.17) is 4.74 Å². The van der Waals surface area contributed by atoms with E-state index in [0.717, 1.165) is 13.0 Å². The number of hydrogen-bond donors (Lipinski definition) is 1. The maximum Gasteiger partial charge on any atom is 0.246 e. The molecule has 2 aliphatic carbocycles. The number of likely N-dealkylation sites (tertiary alicyclic amines) is 1. The minimum atomic E-state index is -0.317. The van der Waals surface area contributed by atoms with Crippen molar-refractivity contribution in [3.8, 4) is 0 Å². The second-order valence-electron chi connectivity index (χ2n) is 6.03. The quantitative estimate of drug-likeness (QED) is 0.760. The average molecular weight is 266 g/mol. The van der Waals surface area contributed by atoms with E-state index in [9.17, 15) is 9.59 Å². The topological polar surface area (TPSA) is 58.6 Å². The second kappa shape index (κ2) is 4.56. The largest absolute Gasteiger partial charge is 0.378 e. The highest BCUT2D eigenvalue weighted by atomic mass is 16.5. The summed E-state index contributed by atoms with van der Waals surface area (Å²) in [6.07, 6.45) is 5.23. The Labute approximate surface area is 113 Å². The van der Waals surface area contributed by atoms with Crippen molar-refractivity contribution in [1.82, 2.24) is 10.2 Å². The molecule has 2 saturated carbocycles. The molecule has 3 rings (SSSR count). The lowest BCUT2D eigenvalue weighted by Gasteiger charge is -2.61. The predicted octanol–water partition coefficient (Wildman–Crippen LogP) is 0.681. The zero-order chi connectivity index (χ0) is 13.6. The van der Waals surface area contributed by atoms with Gasteiger partial charge < -0.3 is 10.1 Å². The number of imide groups is 1. The first kappa shape index (κ1) is 13.1. The molecule has 1 N–H and O–H groups in total. The van der Waals surface area contributed by atoms with E-state index < -0.39 is 0 Å². The van der Waals surface area contributed by atoms with Gasteiger partial charge >= 0.3 is 0 Å².